The standard InChI is InChI=1S/C10H11BrF3N/c1-6-2-3-8(11)4-7(6)5-9(15)10(12,13)14/h2-4,9H,5,15H2,1H3. The van der Waals surface area contributed by atoms with Crippen LogP contribution in [0.4, 0.5) is 13.2 Å². The van der Waals surface area contributed by atoms with Crippen molar-refractivity contribution in [2.24, 2.45) is 5.73 Å². The van der Waals surface area contributed by atoms with Gasteiger partial charge in [-0.1, -0.05) is 22.0 Å². The molecule has 0 radical (unpaired) electrons. The van der Waals surface area contributed by atoms with E-state index in [2.05, 4.69) is 15.9 Å². The fourth-order valence-electron chi connectivity index (χ4n) is 1.21. The Hall–Kier alpha value is -0.550. The van der Waals surface area contributed by atoms with Crippen molar-refractivity contribution in [2.75, 3.05) is 0 Å². The van der Waals surface area contributed by atoms with Gasteiger partial charge in [0.15, 0.2) is 0 Å². The van der Waals surface area contributed by atoms with Gasteiger partial charge in [-0.05, 0) is 36.6 Å². The molecule has 1 nitrogen and oxygen atoms in total. The Morgan fingerprint density at radius 1 is 1.40 bits per heavy atom. The highest BCUT2D eigenvalue weighted by Gasteiger charge is 2.36. The van der Waals surface area contributed by atoms with E-state index < -0.39 is 12.2 Å². The van der Waals surface area contributed by atoms with Crippen LogP contribution in [0, 0.1) is 6.92 Å². The molecule has 0 bridgehead atoms. The number of benzene rings is 1. The number of hydrogen-bond donors (Lipinski definition) is 1. The van der Waals surface area contributed by atoms with Crippen molar-refractivity contribution in [2.45, 2.75) is 25.6 Å². The molecule has 84 valence electrons. The number of alkyl halides is 3. The van der Waals surface area contributed by atoms with Crippen molar-refractivity contribution in [1.29, 1.82) is 0 Å². The van der Waals surface area contributed by atoms with E-state index in [-0.39, 0.29) is 6.42 Å². The Kier molecular flexibility index (Phi) is 3.78. The molecule has 5 heteroatoms. The summed E-state index contributed by atoms with van der Waals surface area (Å²) in [7, 11) is 0. The SMILES string of the molecule is Cc1ccc(Br)cc1CC(N)C(F)(F)F. The minimum Gasteiger partial charge on any atom is -0.320 e. The predicted octanol–water partition coefficient (Wildman–Crippen LogP) is 3.19. The fourth-order valence-corrected chi connectivity index (χ4v) is 1.62. The number of hydrogen-bond acceptors (Lipinski definition) is 1. The lowest BCUT2D eigenvalue weighted by molar-refractivity contribution is -0.147. The summed E-state index contributed by atoms with van der Waals surface area (Å²) in [6.45, 7) is 1.77. The van der Waals surface area contributed by atoms with Gasteiger partial charge in [0.1, 0.15) is 6.04 Å². The molecule has 0 saturated heterocycles. The van der Waals surface area contributed by atoms with Crippen molar-refractivity contribution in [1.82, 2.24) is 0 Å². The lowest BCUT2D eigenvalue weighted by atomic mass is 10.0. The number of rotatable bonds is 2. The van der Waals surface area contributed by atoms with Crippen LogP contribution in [-0.2, 0) is 6.42 Å². The molecule has 1 rings (SSSR count). The average molecular weight is 282 g/mol. The van der Waals surface area contributed by atoms with E-state index in [1.807, 2.05) is 0 Å². The van der Waals surface area contributed by atoms with E-state index in [9.17, 15) is 13.2 Å². The molecule has 0 fully saturated rings. The van der Waals surface area contributed by atoms with Crippen molar-refractivity contribution in [3.8, 4) is 0 Å². The summed E-state index contributed by atoms with van der Waals surface area (Å²) in [5, 5.41) is 0. The third kappa shape index (κ3) is 3.50. The fraction of sp³-hybridized carbons (Fsp3) is 0.400. The molecule has 0 aliphatic carbocycles. The van der Waals surface area contributed by atoms with E-state index in [1.165, 1.54) is 0 Å². The van der Waals surface area contributed by atoms with E-state index in [0.717, 1.165) is 10.0 Å². The van der Waals surface area contributed by atoms with Crippen LogP contribution in [0.3, 0.4) is 0 Å². The average Bonchev–Trinajstić information content (AvgIpc) is 2.09. The van der Waals surface area contributed by atoms with Gasteiger partial charge in [0.2, 0.25) is 0 Å². The molecule has 0 aliphatic heterocycles. The zero-order valence-electron chi connectivity index (χ0n) is 8.11. The van der Waals surface area contributed by atoms with Crippen LogP contribution in [0.25, 0.3) is 0 Å². The highest BCUT2D eigenvalue weighted by molar-refractivity contribution is 9.10. The minimum absolute atomic E-state index is 0.186. The topological polar surface area (TPSA) is 26.0 Å². The lowest BCUT2D eigenvalue weighted by Crippen LogP contribution is -2.39. The van der Waals surface area contributed by atoms with E-state index in [0.29, 0.717) is 5.56 Å². The minimum atomic E-state index is -4.34. The maximum Gasteiger partial charge on any atom is 0.403 e. The first-order valence-electron chi connectivity index (χ1n) is 4.38. The van der Waals surface area contributed by atoms with Crippen LogP contribution in [0.5, 0.6) is 0 Å². The number of halogens is 4. The van der Waals surface area contributed by atoms with E-state index in [1.54, 1.807) is 25.1 Å². The molecule has 1 atom stereocenters. The smallest absolute Gasteiger partial charge is 0.320 e. The van der Waals surface area contributed by atoms with Gasteiger partial charge in [0, 0.05) is 4.47 Å². The Morgan fingerprint density at radius 3 is 2.53 bits per heavy atom. The van der Waals surface area contributed by atoms with E-state index in [4.69, 9.17) is 5.73 Å². The summed E-state index contributed by atoms with van der Waals surface area (Å²) >= 11 is 3.21. The summed E-state index contributed by atoms with van der Waals surface area (Å²) in [6.07, 6.45) is -4.52. The molecule has 1 aromatic rings. The molecule has 0 aromatic heterocycles. The third-order valence-electron chi connectivity index (χ3n) is 2.17. The Labute approximate surface area is 94.6 Å². The second-order valence-electron chi connectivity index (χ2n) is 3.42. The quantitative estimate of drug-likeness (QED) is 0.885. The molecule has 0 saturated carbocycles. The van der Waals surface area contributed by atoms with Crippen LogP contribution in [0.1, 0.15) is 11.1 Å². The van der Waals surface area contributed by atoms with Crippen molar-refractivity contribution in [3.63, 3.8) is 0 Å². The molecule has 0 aliphatic rings. The highest BCUT2D eigenvalue weighted by Crippen LogP contribution is 2.24. The first-order valence-corrected chi connectivity index (χ1v) is 5.17. The first kappa shape index (κ1) is 12.5. The van der Waals surface area contributed by atoms with E-state index >= 15 is 0 Å². The largest absolute Gasteiger partial charge is 0.403 e. The van der Waals surface area contributed by atoms with Crippen LogP contribution in [-0.4, -0.2) is 12.2 Å². The van der Waals surface area contributed by atoms with Gasteiger partial charge in [-0.25, -0.2) is 0 Å². The van der Waals surface area contributed by atoms with Crippen LogP contribution in [0.2, 0.25) is 0 Å². The van der Waals surface area contributed by atoms with Gasteiger partial charge >= 0.3 is 6.18 Å². The van der Waals surface area contributed by atoms with Crippen LogP contribution >= 0.6 is 15.9 Å². The molecule has 15 heavy (non-hydrogen) atoms. The van der Waals surface area contributed by atoms with Gasteiger partial charge in [-0.15, -0.1) is 0 Å². The first-order chi connectivity index (χ1) is 6.80. The third-order valence-corrected chi connectivity index (χ3v) is 2.66. The van der Waals surface area contributed by atoms with Gasteiger partial charge in [0.05, 0.1) is 0 Å². The van der Waals surface area contributed by atoms with Gasteiger partial charge in [0.25, 0.3) is 0 Å². The molecule has 2 N–H and O–H groups in total. The van der Waals surface area contributed by atoms with Gasteiger partial charge in [-0.2, -0.15) is 13.2 Å². The molecule has 1 aromatic carbocycles. The second kappa shape index (κ2) is 4.53. The summed E-state index contributed by atoms with van der Waals surface area (Å²) in [6, 6.07) is 3.42. The molecular weight excluding hydrogens is 271 g/mol. The molecular formula is C10H11BrF3N. The van der Waals surface area contributed by atoms with Crippen LogP contribution < -0.4 is 5.73 Å². The zero-order valence-corrected chi connectivity index (χ0v) is 9.69. The number of aryl methyl sites for hydroxylation is 1. The summed E-state index contributed by atoms with van der Waals surface area (Å²) < 4.78 is 37.5. The Balaban J connectivity index is 2.85. The Bertz CT molecular complexity index is 349. The normalized spacial score (nSPS) is 14.0. The maximum absolute atomic E-state index is 12.2. The summed E-state index contributed by atoms with van der Waals surface area (Å²) in [5.41, 5.74) is 6.50. The predicted molar refractivity (Wildman–Crippen MR) is 56.6 cm³/mol. The van der Waals surface area contributed by atoms with Gasteiger partial charge < -0.3 is 5.73 Å². The van der Waals surface area contributed by atoms with Crippen molar-refractivity contribution in [3.05, 3.63) is 33.8 Å². The maximum atomic E-state index is 12.2. The Morgan fingerprint density at radius 2 is 2.00 bits per heavy atom. The number of nitrogens with two attached hydrogens (primary N) is 1. The summed E-state index contributed by atoms with van der Waals surface area (Å²) in [4.78, 5) is 0. The second-order valence-corrected chi connectivity index (χ2v) is 4.34. The molecule has 1 unspecified atom stereocenters. The van der Waals surface area contributed by atoms with Crippen LogP contribution in [0.15, 0.2) is 22.7 Å². The highest BCUT2D eigenvalue weighted by atomic mass is 79.9. The summed E-state index contributed by atoms with van der Waals surface area (Å²) in [5.74, 6) is 0. The monoisotopic (exact) mass is 281 g/mol. The zero-order chi connectivity index (χ0) is 11.6. The lowest BCUT2D eigenvalue weighted by Gasteiger charge is -2.16. The molecule has 0 spiro atoms. The molecule has 0 heterocycles. The van der Waals surface area contributed by atoms with Crippen molar-refractivity contribution < 1.29 is 13.2 Å². The van der Waals surface area contributed by atoms with Gasteiger partial charge in [-0.3, -0.25) is 0 Å². The molecule has 0 amide bonds. The van der Waals surface area contributed by atoms with Crippen molar-refractivity contribution >= 4 is 15.9 Å².